The third-order valence-corrected chi connectivity index (χ3v) is 4.71. The molecule has 3 nitrogen and oxygen atoms in total. The van der Waals surface area contributed by atoms with E-state index in [0.717, 1.165) is 12.1 Å². The molecule has 2 rings (SSSR count). The van der Waals surface area contributed by atoms with Gasteiger partial charge in [0.05, 0.1) is 6.61 Å². The summed E-state index contributed by atoms with van der Waals surface area (Å²) >= 11 is 0. The smallest absolute Gasteiger partial charge is 0.166 e. The molecule has 0 unspecified atom stereocenters. The predicted octanol–water partition coefficient (Wildman–Crippen LogP) is 6.25. The van der Waals surface area contributed by atoms with Gasteiger partial charge in [-0.2, -0.15) is 0 Å². The number of unbranched alkanes of at least 4 members (excludes halogenated alkanes) is 5. The number of rotatable bonds is 14. The second-order valence-corrected chi connectivity index (χ2v) is 7.00. The van der Waals surface area contributed by atoms with Crippen LogP contribution >= 0.6 is 0 Å². The van der Waals surface area contributed by atoms with Crippen LogP contribution in [0.5, 0.6) is 11.5 Å². The zero-order chi connectivity index (χ0) is 20.0. The van der Waals surface area contributed by atoms with Crippen molar-refractivity contribution in [2.45, 2.75) is 65.5 Å². The van der Waals surface area contributed by atoms with Crippen molar-refractivity contribution in [3.8, 4) is 11.5 Å². The minimum absolute atomic E-state index is 0.182. The summed E-state index contributed by atoms with van der Waals surface area (Å²) in [7, 11) is 0. The molecule has 28 heavy (non-hydrogen) atoms. The number of hydrogen-bond acceptors (Lipinski definition) is 3. The van der Waals surface area contributed by atoms with Gasteiger partial charge in [-0.25, -0.2) is 4.39 Å². The Morgan fingerprint density at radius 2 is 1.57 bits per heavy atom. The van der Waals surface area contributed by atoms with E-state index in [2.05, 4.69) is 12.2 Å². The lowest BCUT2D eigenvalue weighted by Gasteiger charge is -2.17. The van der Waals surface area contributed by atoms with Crippen LogP contribution in [0.25, 0.3) is 0 Å². The van der Waals surface area contributed by atoms with Crippen molar-refractivity contribution < 1.29 is 13.9 Å². The average molecular weight is 388 g/mol. The van der Waals surface area contributed by atoms with Crippen molar-refractivity contribution in [2.75, 3.05) is 13.2 Å². The SMILES string of the molecule is CCCCCCCCNCc1cccc(OCC)c1OCc1ccccc1F. The van der Waals surface area contributed by atoms with Gasteiger partial charge in [0.15, 0.2) is 11.5 Å². The van der Waals surface area contributed by atoms with E-state index in [-0.39, 0.29) is 12.4 Å². The molecule has 0 fully saturated rings. The Bertz CT molecular complexity index is 690. The normalized spacial score (nSPS) is 10.8. The van der Waals surface area contributed by atoms with Gasteiger partial charge in [-0.1, -0.05) is 69.4 Å². The first-order valence-corrected chi connectivity index (χ1v) is 10.6. The van der Waals surface area contributed by atoms with Crippen molar-refractivity contribution in [3.05, 3.63) is 59.4 Å². The number of halogens is 1. The van der Waals surface area contributed by atoms with Gasteiger partial charge >= 0.3 is 0 Å². The lowest BCUT2D eigenvalue weighted by atomic mass is 10.1. The van der Waals surface area contributed by atoms with Crippen molar-refractivity contribution in [1.82, 2.24) is 5.32 Å². The third-order valence-electron chi connectivity index (χ3n) is 4.71. The topological polar surface area (TPSA) is 30.5 Å². The van der Waals surface area contributed by atoms with E-state index in [1.54, 1.807) is 12.1 Å². The first-order chi connectivity index (χ1) is 13.8. The molecule has 0 saturated heterocycles. The molecule has 0 aromatic heterocycles. The molecule has 0 heterocycles. The number of ether oxygens (including phenoxy) is 2. The van der Waals surface area contributed by atoms with Crippen LogP contribution in [-0.4, -0.2) is 13.2 Å². The van der Waals surface area contributed by atoms with E-state index < -0.39 is 0 Å². The van der Waals surface area contributed by atoms with Gasteiger partial charge in [0.25, 0.3) is 0 Å². The second-order valence-electron chi connectivity index (χ2n) is 7.00. The highest BCUT2D eigenvalue weighted by Gasteiger charge is 2.12. The largest absolute Gasteiger partial charge is 0.490 e. The molecule has 0 aliphatic carbocycles. The monoisotopic (exact) mass is 387 g/mol. The first-order valence-electron chi connectivity index (χ1n) is 10.6. The Morgan fingerprint density at radius 3 is 2.36 bits per heavy atom. The molecular weight excluding hydrogens is 353 g/mol. The maximum atomic E-state index is 13.9. The summed E-state index contributed by atoms with van der Waals surface area (Å²) in [6.07, 6.45) is 7.71. The van der Waals surface area contributed by atoms with Gasteiger partial charge in [0.1, 0.15) is 12.4 Å². The van der Waals surface area contributed by atoms with Gasteiger partial charge in [0, 0.05) is 17.7 Å². The molecule has 0 spiro atoms. The molecule has 0 atom stereocenters. The number of nitrogens with one attached hydrogen (secondary N) is 1. The van der Waals surface area contributed by atoms with Crippen LogP contribution < -0.4 is 14.8 Å². The van der Waals surface area contributed by atoms with Crippen LogP contribution in [0.2, 0.25) is 0 Å². The second kappa shape index (κ2) is 13.2. The highest BCUT2D eigenvalue weighted by atomic mass is 19.1. The fraction of sp³-hybridized carbons (Fsp3) is 0.500. The summed E-state index contributed by atoms with van der Waals surface area (Å²) in [4.78, 5) is 0. The average Bonchev–Trinajstić information content (AvgIpc) is 2.70. The number of hydrogen-bond donors (Lipinski definition) is 1. The Kier molecular flexibility index (Phi) is 10.4. The minimum atomic E-state index is -0.251. The highest BCUT2D eigenvalue weighted by Crippen LogP contribution is 2.32. The number of benzene rings is 2. The molecule has 0 bridgehead atoms. The van der Waals surface area contributed by atoms with Crippen LogP contribution in [0.4, 0.5) is 4.39 Å². The Labute approximate surface area is 169 Å². The molecule has 0 amide bonds. The van der Waals surface area contributed by atoms with Crippen LogP contribution in [-0.2, 0) is 13.2 Å². The van der Waals surface area contributed by atoms with Gasteiger partial charge < -0.3 is 14.8 Å². The van der Waals surface area contributed by atoms with E-state index in [0.29, 0.717) is 30.2 Å². The highest BCUT2D eigenvalue weighted by molar-refractivity contribution is 5.46. The molecule has 1 N–H and O–H groups in total. The molecule has 0 saturated carbocycles. The van der Waals surface area contributed by atoms with Crippen LogP contribution in [0.15, 0.2) is 42.5 Å². The quantitative estimate of drug-likeness (QED) is 0.388. The standard InChI is InChI=1S/C24H34FNO2/c1-3-5-6-7-8-11-17-26-18-20-14-12-16-23(27-4-2)24(20)28-19-21-13-9-10-15-22(21)25/h9-10,12-16,26H,3-8,11,17-19H2,1-2H3. The summed E-state index contributed by atoms with van der Waals surface area (Å²) in [6, 6.07) is 12.6. The fourth-order valence-electron chi connectivity index (χ4n) is 3.15. The summed E-state index contributed by atoms with van der Waals surface area (Å²) in [5, 5.41) is 3.50. The lowest BCUT2D eigenvalue weighted by Crippen LogP contribution is -2.16. The first kappa shape index (κ1) is 22.2. The summed E-state index contributed by atoms with van der Waals surface area (Å²) in [5.74, 6) is 1.15. The van der Waals surface area contributed by atoms with E-state index in [9.17, 15) is 4.39 Å². The summed E-state index contributed by atoms with van der Waals surface area (Å²) < 4.78 is 25.7. The molecule has 2 aromatic carbocycles. The van der Waals surface area contributed by atoms with E-state index >= 15 is 0 Å². The van der Waals surface area contributed by atoms with Gasteiger partial charge in [-0.3, -0.25) is 0 Å². The zero-order valence-corrected chi connectivity index (χ0v) is 17.3. The third kappa shape index (κ3) is 7.51. The maximum absolute atomic E-state index is 13.9. The van der Waals surface area contributed by atoms with Crippen molar-refractivity contribution in [1.29, 1.82) is 0 Å². The van der Waals surface area contributed by atoms with Crippen LogP contribution in [0.1, 0.15) is 63.5 Å². The van der Waals surface area contributed by atoms with E-state index in [1.807, 2.05) is 31.2 Å². The summed E-state index contributed by atoms with van der Waals surface area (Å²) in [5.41, 5.74) is 1.58. The molecule has 2 aromatic rings. The van der Waals surface area contributed by atoms with Gasteiger partial charge in [-0.15, -0.1) is 0 Å². The van der Waals surface area contributed by atoms with Gasteiger partial charge in [-0.05, 0) is 32.0 Å². The fourth-order valence-corrected chi connectivity index (χ4v) is 3.15. The minimum Gasteiger partial charge on any atom is -0.490 e. The summed E-state index contributed by atoms with van der Waals surface area (Å²) in [6.45, 7) is 6.62. The molecule has 154 valence electrons. The Hall–Kier alpha value is -2.07. The van der Waals surface area contributed by atoms with E-state index in [1.165, 1.54) is 44.6 Å². The molecule has 4 heteroatoms. The maximum Gasteiger partial charge on any atom is 0.166 e. The van der Waals surface area contributed by atoms with Crippen LogP contribution in [0.3, 0.4) is 0 Å². The molecule has 0 radical (unpaired) electrons. The predicted molar refractivity (Wildman–Crippen MR) is 113 cm³/mol. The van der Waals surface area contributed by atoms with E-state index in [4.69, 9.17) is 9.47 Å². The number of para-hydroxylation sites is 1. The van der Waals surface area contributed by atoms with Crippen molar-refractivity contribution >= 4 is 0 Å². The lowest BCUT2D eigenvalue weighted by molar-refractivity contribution is 0.262. The zero-order valence-electron chi connectivity index (χ0n) is 17.3. The van der Waals surface area contributed by atoms with Gasteiger partial charge in [0.2, 0.25) is 0 Å². The van der Waals surface area contributed by atoms with Crippen molar-refractivity contribution in [3.63, 3.8) is 0 Å². The van der Waals surface area contributed by atoms with Crippen molar-refractivity contribution in [2.24, 2.45) is 0 Å². The Morgan fingerprint density at radius 1 is 0.821 bits per heavy atom. The van der Waals surface area contributed by atoms with Crippen LogP contribution in [0, 0.1) is 5.82 Å². The Balaban J connectivity index is 1.91. The molecular formula is C24H34FNO2. The molecule has 0 aliphatic rings. The molecule has 0 aliphatic heterocycles.